The van der Waals surface area contributed by atoms with E-state index in [9.17, 15) is 9.59 Å². The Labute approximate surface area is 195 Å². The lowest BCUT2D eigenvalue weighted by Gasteiger charge is -2.38. The Morgan fingerprint density at radius 1 is 1.12 bits per heavy atom. The van der Waals surface area contributed by atoms with Crippen LogP contribution in [0, 0.1) is 11.8 Å². The number of allylic oxidation sites excluding steroid dienone is 1. The number of methoxy groups -OCH3 is 2. The molecule has 1 saturated heterocycles. The van der Waals surface area contributed by atoms with Crippen LogP contribution in [0.25, 0.3) is 5.57 Å². The summed E-state index contributed by atoms with van der Waals surface area (Å²) in [5, 5.41) is 0. The minimum Gasteiger partial charge on any atom is -0.496 e. The Hall–Kier alpha value is -2.58. The molecule has 8 heteroatoms. The number of piperidine rings is 1. The lowest BCUT2D eigenvalue weighted by atomic mass is 9.78. The van der Waals surface area contributed by atoms with Gasteiger partial charge in [-0.15, -0.1) is 0 Å². The first-order valence-electron chi connectivity index (χ1n) is 11.8. The molecular weight excluding hydrogens is 424 g/mol. The molecule has 0 bridgehead atoms. The zero-order chi connectivity index (χ0) is 23.4. The molecule has 3 unspecified atom stereocenters. The highest BCUT2D eigenvalue weighted by atomic mass is 16.5. The monoisotopic (exact) mass is 458 g/mol. The molecular formula is C25H34N2O6. The van der Waals surface area contributed by atoms with Gasteiger partial charge in [0.05, 0.1) is 44.7 Å². The van der Waals surface area contributed by atoms with E-state index < -0.39 is 0 Å². The number of nitrogens with two attached hydrogens (primary N) is 1. The Morgan fingerprint density at radius 3 is 2.58 bits per heavy atom. The third-order valence-electron chi connectivity index (χ3n) is 7.15. The second-order valence-electron chi connectivity index (χ2n) is 9.07. The smallest absolute Gasteiger partial charge is 0.220 e. The fraction of sp³-hybridized carbons (Fsp3) is 0.600. The average Bonchev–Trinajstić information content (AvgIpc) is 2.84. The molecule has 2 fully saturated rings. The van der Waals surface area contributed by atoms with Crippen LogP contribution < -0.4 is 15.2 Å². The van der Waals surface area contributed by atoms with E-state index in [0.29, 0.717) is 23.7 Å². The SMILES string of the molecule is COc1ccc(C2=COC3CC(OCCN4CCC(C(N)=O)CC4)CCC3C2=O)cc1OC. The van der Waals surface area contributed by atoms with Crippen molar-refractivity contribution in [2.45, 2.75) is 44.3 Å². The molecule has 1 saturated carbocycles. The van der Waals surface area contributed by atoms with Crippen LogP contribution >= 0.6 is 0 Å². The molecule has 1 amide bonds. The number of carbonyl (C=O) groups excluding carboxylic acids is 2. The molecule has 33 heavy (non-hydrogen) atoms. The van der Waals surface area contributed by atoms with Gasteiger partial charge in [0.15, 0.2) is 17.3 Å². The molecule has 4 rings (SSSR count). The number of ketones is 1. The van der Waals surface area contributed by atoms with Crippen LogP contribution in [0.15, 0.2) is 24.5 Å². The summed E-state index contributed by atoms with van der Waals surface area (Å²) in [6, 6.07) is 5.47. The van der Waals surface area contributed by atoms with Crippen LogP contribution in [0.4, 0.5) is 0 Å². The normalized spacial score (nSPS) is 26.2. The number of Topliss-reactive ketones (excluding diaryl/α,β-unsaturated/α-hetero) is 1. The molecule has 2 heterocycles. The van der Waals surface area contributed by atoms with Crippen LogP contribution in [-0.2, 0) is 19.1 Å². The van der Waals surface area contributed by atoms with Crippen molar-refractivity contribution in [1.82, 2.24) is 4.90 Å². The van der Waals surface area contributed by atoms with Gasteiger partial charge in [0.2, 0.25) is 5.91 Å². The second kappa shape index (κ2) is 10.6. The largest absolute Gasteiger partial charge is 0.496 e. The van der Waals surface area contributed by atoms with Gasteiger partial charge in [-0.2, -0.15) is 0 Å². The first-order valence-corrected chi connectivity index (χ1v) is 11.8. The molecule has 8 nitrogen and oxygen atoms in total. The van der Waals surface area contributed by atoms with E-state index in [1.54, 1.807) is 26.5 Å². The highest BCUT2D eigenvalue weighted by Gasteiger charge is 2.40. The lowest BCUT2D eigenvalue weighted by Crippen LogP contribution is -2.43. The number of nitrogens with zero attached hydrogens (tertiary/aromatic N) is 1. The fourth-order valence-electron chi connectivity index (χ4n) is 5.11. The molecule has 1 aromatic rings. The van der Waals surface area contributed by atoms with Crippen molar-refractivity contribution in [2.24, 2.45) is 17.6 Å². The Bertz CT molecular complexity index is 893. The van der Waals surface area contributed by atoms with Crippen molar-refractivity contribution in [3.63, 3.8) is 0 Å². The maximum atomic E-state index is 13.2. The molecule has 180 valence electrons. The van der Waals surface area contributed by atoms with E-state index in [1.807, 2.05) is 12.1 Å². The summed E-state index contributed by atoms with van der Waals surface area (Å²) >= 11 is 0. The Kier molecular flexibility index (Phi) is 7.55. The van der Waals surface area contributed by atoms with E-state index in [-0.39, 0.29) is 35.7 Å². The average molecular weight is 459 g/mol. The minimum absolute atomic E-state index is 0.00961. The van der Waals surface area contributed by atoms with E-state index in [0.717, 1.165) is 57.3 Å². The molecule has 0 spiro atoms. The molecule has 0 radical (unpaired) electrons. The zero-order valence-corrected chi connectivity index (χ0v) is 19.5. The van der Waals surface area contributed by atoms with Gasteiger partial charge >= 0.3 is 0 Å². The van der Waals surface area contributed by atoms with Crippen LogP contribution in [-0.4, -0.2) is 69.3 Å². The number of rotatable bonds is 8. The molecule has 1 aromatic carbocycles. The first kappa shape index (κ1) is 23.6. The van der Waals surface area contributed by atoms with Gasteiger partial charge in [-0.05, 0) is 56.5 Å². The third-order valence-corrected chi connectivity index (χ3v) is 7.15. The van der Waals surface area contributed by atoms with Gasteiger partial charge < -0.3 is 29.6 Å². The number of carbonyl (C=O) groups is 2. The number of amides is 1. The number of hydrogen-bond acceptors (Lipinski definition) is 7. The number of primary amides is 1. The summed E-state index contributed by atoms with van der Waals surface area (Å²) in [6.07, 6.45) is 5.51. The van der Waals surface area contributed by atoms with Crippen molar-refractivity contribution in [1.29, 1.82) is 0 Å². The van der Waals surface area contributed by atoms with Crippen molar-refractivity contribution in [2.75, 3.05) is 40.5 Å². The van der Waals surface area contributed by atoms with E-state index in [2.05, 4.69) is 4.90 Å². The maximum absolute atomic E-state index is 13.2. The number of benzene rings is 1. The minimum atomic E-state index is -0.187. The number of ether oxygens (including phenoxy) is 4. The summed E-state index contributed by atoms with van der Waals surface area (Å²) in [5.74, 6) is 1.00. The highest BCUT2D eigenvalue weighted by Crippen LogP contribution is 2.39. The standard InChI is InChI=1S/C25H34N2O6/c1-30-21-6-3-17(13-23(21)31-2)20-15-33-22-14-18(4-5-19(22)24(20)28)32-12-11-27-9-7-16(8-10-27)25(26)29/h3,6,13,15-16,18-19,22H,4-5,7-12,14H2,1-2H3,(H2,26,29). The lowest BCUT2D eigenvalue weighted by molar-refractivity contribution is -0.128. The fourth-order valence-corrected chi connectivity index (χ4v) is 5.11. The van der Waals surface area contributed by atoms with Gasteiger partial charge in [0.25, 0.3) is 0 Å². The topological polar surface area (TPSA) is 100 Å². The summed E-state index contributed by atoms with van der Waals surface area (Å²) < 4.78 is 22.8. The van der Waals surface area contributed by atoms with Crippen molar-refractivity contribution in [3.8, 4) is 11.5 Å². The zero-order valence-electron chi connectivity index (χ0n) is 19.5. The third kappa shape index (κ3) is 5.33. The van der Waals surface area contributed by atoms with Crippen LogP contribution in [0.1, 0.15) is 37.7 Å². The predicted octanol–water partition coefficient (Wildman–Crippen LogP) is 2.40. The van der Waals surface area contributed by atoms with Gasteiger partial charge in [-0.25, -0.2) is 0 Å². The summed E-state index contributed by atoms with van der Waals surface area (Å²) in [4.78, 5) is 26.8. The number of fused-ring (bicyclic) bond motifs is 1. The van der Waals surface area contributed by atoms with Gasteiger partial charge in [0, 0.05) is 18.9 Å². The number of likely N-dealkylation sites (tertiary alicyclic amines) is 1. The Morgan fingerprint density at radius 2 is 1.88 bits per heavy atom. The quantitative estimate of drug-likeness (QED) is 0.638. The van der Waals surface area contributed by atoms with Crippen molar-refractivity contribution in [3.05, 3.63) is 30.0 Å². The van der Waals surface area contributed by atoms with E-state index in [4.69, 9.17) is 24.7 Å². The molecule has 2 N–H and O–H groups in total. The van der Waals surface area contributed by atoms with E-state index in [1.165, 1.54) is 0 Å². The van der Waals surface area contributed by atoms with Crippen molar-refractivity contribution < 1.29 is 28.5 Å². The molecule has 3 atom stereocenters. The van der Waals surface area contributed by atoms with Gasteiger partial charge in [-0.3, -0.25) is 9.59 Å². The van der Waals surface area contributed by atoms with Crippen LogP contribution in [0.2, 0.25) is 0 Å². The summed E-state index contributed by atoms with van der Waals surface area (Å²) in [7, 11) is 3.16. The molecule has 0 aromatic heterocycles. The maximum Gasteiger partial charge on any atom is 0.220 e. The predicted molar refractivity (Wildman–Crippen MR) is 123 cm³/mol. The van der Waals surface area contributed by atoms with Crippen molar-refractivity contribution >= 4 is 17.3 Å². The van der Waals surface area contributed by atoms with Gasteiger partial charge in [0.1, 0.15) is 6.10 Å². The Balaban J connectivity index is 1.28. The molecule has 3 aliphatic rings. The van der Waals surface area contributed by atoms with Crippen LogP contribution in [0.3, 0.4) is 0 Å². The summed E-state index contributed by atoms with van der Waals surface area (Å²) in [5.41, 5.74) is 6.76. The number of hydrogen-bond donors (Lipinski definition) is 1. The highest BCUT2D eigenvalue weighted by molar-refractivity contribution is 6.22. The van der Waals surface area contributed by atoms with E-state index >= 15 is 0 Å². The van der Waals surface area contributed by atoms with Gasteiger partial charge in [-0.1, -0.05) is 6.07 Å². The second-order valence-corrected chi connectivity index (χ2v) is 9.07. The first-order chi connectivity index (χ1) is 16.0. The summed E-state index contributed by atoms with van der Waals surface area (Å²) in [6.45, 7) is 3.25. The van der Waals surface area contributed by atoms with Crippen LogP contribution in [0.5, 0.6) is 11.5 Å². The molecule has 2 aliphatic heterocycles. The molecule has 1 aliphatic carbocycles.